The molecule has 1 saturated carbocycles. The van der Waals surface area contributed by atoms with Crippen molar-refractivity contribution in [2.24, 2.45) is 17.1 Å². The quantitative estimate of drug-likeness (QED) is 0.430. The maximum atomic E-state index is 16.4. The number of benzene rings is 1. The summed E-state index contributed by atoms with van der Waals surface area (Å²) in [6, 6.07) is 3.16. The van der Waals surface area contributed by atoms with Crippen LogP contribution in [0, 0.1) is 17.2 Å². The van der Waals surface area contributed by atoms with Gasteiger partial charge in [0.15, 0.2) is 0 Å². The van der Waals surface area contributed by atoms with Crippen molar-refractivity contribution in [3.8, 4) is 5.75 Å². The van der Waals surface area contributed by atoms with Gasteiger partial charge in [-0.1, -0.05) is 24.6 Å². The molecule has 6 nitrogen and oxygen atoms in total. The van der Waals surface area contributed by atoms with Crippen LogP contribution in [-0.4, -0.2) is 72.3 Å². The summed E-state index contributed by atoms with van der Waals surface area (Å²) in [6.45, 7) is 1.65. The number of alkyl halides is 4. The lowest BCUT2D eigenvalue weighted by Gasteiger charge is -2.47. The molecule has 5 rings (SSSR count). The summed E-state index contributed by atoms with van der Waals surface area (Å²) >= 11 is 0. The number of nitrogens with zero attached hydrogens (tertiary/aromatic N) is 2. The second-order valence-electron chi connectivity index (χ2n) is 11.9. The highest BCUT2D eigenvalue weighted by Gasteiger charge is 2.58. The van der Waals surface area contributed by atoms with Crippen LogP contribution >= 0.6 is 0 Å². The first-order valence-corrected chi connectivity index (χ1v) is 14.3. The van der Waals surface area contributed by atoms with E-state index < -0.39 is 40.9 Å². The number of halogens is 5. The van der Waals surface area contributed by atoms with Gasteiger partial charge in [-0.2, -0.15) is 13.2 Å². The van der Waals surface area contributed by atoms with E-state index in [9.17, 15) is 22.8 Å². The number of hydrogen-bond donors (Lipinski definition) is 1. The van der Waals surface area contributed by atoms with E-state index in [4.69, 9.17) is 10.5 Å². The Morgan fingerprint density at radius 3 is 2.41 bits per heavy atom. The fourth-order valence-corrected chi connectivity index (χ4v) is 6.57. The highest BCUT2D eigenvalue weighted by Crippen LogP contribution is 2.53. The molecular formula is C30H36F5N3O3. The van der Waals surface area contributed by atoms with E-state index in [1.165, 1.54) is 24.3 Å². The molecule has 41 heavy (non-hydrogen) atoms. The number of allylic oxidation sites excluding steroid dienone is 3. The van der Waals surface area contributed by atoms with Crippen LogP contribution in [0.1, 0.15) is 56.9 Å². The van der Waals surface area contributed by atoms with Gasteiger partial charge in [0.1, 0.15) is 17.6 Å². The summed E-state index contributed by atoms with van der Waals surface area (Å²) in [5.41, 5.74) is 1.10. The third-order valence-corrected chi connectivity index (χ3v) is 9.27. The molecule has 11 heteroatoms. The summed E-state index contributed by atoms with van der Waals surface area (Å²) in [6.07, 6.45) is 3.21. The molecule has 2 aliphatic heterocycles. The minimum atomic E-state index is -4.18. The first-order chi connectivity index (χ1) is 19.4. The maximum Gasteiger partial charge on any atom is 0.395 e. The topological polar surface area (TPSA) is 75.9 Å². The van der Waals surface area contributed by atoms with Crippen LogP contribution in [0.25, 0.3) is 5.57 Å². The average molecular weight is 582 g/mol. The van der Waals surface area contributed by atoms with Gasteiger partial charge in [-0.05, 0) is 69.7 Å². The number of piperidine rings is 1. The van der Waals surface area contributed by atoms with Gasteiger partial charge < -0.3 is 20.3 Å². The van der Waals surface area contributed by atoms with Gasteiger partial charge >= 0.3 is 6.18 Å². The lowest BCUT2D eigenvalue weighted by molar-refractivity contribution is -0.256. The molecule has 4 aliphatic rings. The first-order valence-electron chi connectivity index (χ1n) is 14.3. The fraction of sp³-hybridized carbons (Fsp3) is 0.600. The summed E-state index contributed by atoms with van der Waals surface area (Å²) in [4.78, 5) is 28.2. The zero-order valence-corrected chi connectivity index (χ0v) is 22.9. The van der Waals surface area contributed by atoms with Crippen molar-refractivity contribution in [3.63, 3.8) is 0 Å². The molecule has 224 valence electrons. The normalized spacial score (nSPS) is 26.9. The number of likely N-dealkylation sites (tertiary alicyclic amines) is 2. The average Bonchev–Trinajstić information content (AvgIpc) is 3.40. The molecule has 2 heterocycles. The van der Waals surface area contributed by atoms with Crippen LogP contribution < -0.4 is 10.5 Å². The monoisotopic (exact) mass is 581 g/mol. The van der Waals surface area contributed by atoms with Crippen molar-refractivity contribution in [1.29, 1.82) is 0 Å². The van der Waals surface area contributed by atoms with Gasteiger partial charge in [-0.15, -0.1) is 0 Å². The SMILES string of the molecule is NC(=O)[C@@H]1CCCN1C(=O)C1(F)CC=CC=C1c1ccc(OCC2CCN(CC3(C(F)(F)F)CCC3)CC2)cc1F. The predicted octanol–water partition coefficient (Wildman–Crippen LogP) is 5.18. The third-order valence-electron chi connectivity index (χ3n) is 9.27. The number of hydrogen-bond acceptors (Lipinski definition) is 4. The molecule has 0 aromatic heterocycles. The highest BCUT2D eigenvalue weighted by atomic mass is 19.4. The molecular weight excluding hydrogens is 545 g/mol. The van der Waals surface area contributed by atoms with Gasteiger partial charge in [0.2, 0.25) is 11.6 Å². The number of primary amides is 1. The molecule has 1 aromatic carbocycles. The minimum Gasteiger partial charge on any atom is -0.493 e. The summed E-state index contributed by atoms with van der Waals surface area (Å²) in [7, 11) is 0. The van der Waals surface area contributed by atoms with Crippen molar-refractivity contribution in [2.75, 3.05) is 32.8 Å². The lowest BCUT2D eigenvalue weighted by Crippen LogP contribution is -2.53. The number of rotatable bonds is 8. The highest BCUT2D eigenvalue weighted by molar-refractivity contribution is 6.02. The summed E-state index contributed by atoms with van der Waals surface area (Å²) < 4.78 is 78.1. The number of amides is 2. The van der Waals surface area contributed by atoms with Gasteiger partial charge in [0.05, 0.1) is 12.0 Å². The van der Waals surface area contributed by atoms with E-state index in [1.54, 1.807) is 6.08 Å². The van der Waals surface area contributed by atoms with Crippen molar-refractivity contribution in [3.05, 3.63) is 47.8 Å². The van der Waals surface area contributed by atoms with Crippen LogP contribution in [-0.2, 0) is 9.59 Å². The van der Waals surface area contributed by atoms with E-state index >= 15 is 8.78 Å². The summed E-state index contributed by atoms with van der Waals surface area (Å²) in [5.74, 6) is -1.98. The Kier molecular flexibility index (Phi) is 8.20. The van der Waals surface area contributed by atoms with Crippen molar-refractivity contribution < 1.29 is 36.3 Å². The van der Waals surface area contributed by atoms with Crippen molar-refractivity contribution in [1.82, 2.24) is 9.80 Å². The van der Waals surface area contributed by atoms with Gasteiger partial charge in [0, 0.05) is 36.7 Å². The number of carbonyl (C=O) groups is 2. The Labute approximate surface area is 236 Å². The number of ether oxygens (including phenoxy) is 1. The Hall–Kier alpha value is -2.95. The Balaban J connectivity index is 1.19. The van der Waals surface area contributed by atoms with E-state index in [0.717, 1.165) is 11.0 Å². The molecule has 0 radical (unpaired) electrons. The van der Waals surface area contributed by atoms with Gasteiger partial charge in [-0.25, -0.2) is 8.78 Å². The van der Waals surface area contributed by atoms with Crippen LogP contribution in [0.3, 0.4) is 0 Å². The van der Waals surface area contributed by atoms with Crippen LogP contribution in [0.15, 0.2) is 36.4 Å². The van der Waals surface area contributed by atoms with E-state index in [-0.39, 0.29) is 61.8 Å². The van der Waals surface area contributed by atoms with E-state index in [1.807, 2.05) is 4.90 Å². The van der Waals surface area contributed by atoms with Gasteiger partial charge in [0.25, 0.3) is 5.91 Å². The molecule has 0 bridgehead atoms. The van der Waals surface area contributed by atoms with E-state index in [0.29, 0.717) is 45.2 Å². The van der Waals surface area contributed by atoms with Crippen LogP contribution in [0.5, 0.6) is 5.75 Å². The predicted molar refractivity (Wildman–Crippen MR) is 143 cm³/mol. The fourth-order valence-electron chi connectivity index (χ4n) is 6.57. The maximum absolute atomic E-state index is 16.4. The second-order valence-corrected chi connectivity index (χ2v) is 11.9. The zero-order chi connectivity index (χ0) is 29.4. The first kappa shape index (κ1) is 29.5. The van der Waals surface area contributed by atoms with E-state index in [2.05, 4.69) is 0 Å². The van der Waals surface area contributed by atoms with Crippen LogP contribution in [0.4, 0.5) is 22.0 Å². The molecule has 0 spiro atoms. The molecule has 2 atom stereocenters. The zero-order valence-electron chi connectivity index (χ0n) is 22.9. The molecule has 3 fully saturated rings. The molecule has 2 N–H and O–H groups in total. The largest absolute Gasteiger partial charge is 0.493 e. The third kappa shape index (κ3) is 5.74. The summed E-state index contributed by atoms with van der Waals surface area (Å²) in [5, 5.41) is 0. The number of nitrogens with two attached hydrogens (primary N) is 1. The minimum absolute atomic E-state index is 0.0430. The number of carbonyl (C=O) groups excluding carboxylic acids is 2. The Bertz CT molecular complexity index is 1220. The lowest BCUT2D eigenvalue weighted by atomic mass is 9.67. The smallest absolute Gasteiger partial charge is 0.395 e. The van der Waals surface area contributed by atoms with Crippen molar-refractivity contribution in [2.45, 2.75) is 69.3 Å². The molecule has 2 amide bonds. The molecule has 1 aromatic rings. The van der Waals surface area contributed by atoms with Crippen LogP contribution in [0.2, 0.25) is 0 Å². The molecule has 2 aliphatic carbocycles. The molecule has 1 unspecified atom stereocenters. The second kappa shape index (κ2) is 11.4. The Morgan fingerprint density at radius 2 is 1.80 bits per heavy atom. The van der Waals surface area contributed by atoms with Crippen molar-refractivity contribution >= 4 is 17.4 Å². The molecule has 2 saturated heterocycles. The Morgan fingerprint density at radius 1 is 1.07 bits per heavy atom. The standard InChI is InChI=1S/C30H36F5N3O3/c31-24-17-21(41-18-20-9-15-37(16-10-20)19-28(11-4-12-28)30(33,34)35)7-8-22(24)23-5-1-2-13-29(23,32)27(40)38-14-3-6-25(38)26(36)39/h1-2,5,7-8,17,20,25H,3-4,6,9-16,18-19H2,(H2,36,39)/t25-,29?/m0/s1. The van der Waals surface area contributed by atoms with Gasteiger partial charge in [-0.3, -0.25) is 9.59 Å².